The highest BCUT2D eigenvalue weighted by Crippen LogP contribution is 2.21. The first-order valence-electron chi connectivity index (χ1n) is 8.54. The number of carbonyl (C=O) groups is 1. The van der Waals surface area contributed by atoms with Crippen molar-refractivity contribution >= 4 is 34.0 Å². The summed E-state index contributed by atoms with van der Waals surface area (Å²) in [5.74, 6) is 0.300. The molecule has 0 fully saturated rings. The van der Waals surface area contributed by atoms with E-state index in [1.807, 2.05) is 6.92 Å². The number of methoxy groups -OCH3 is 1. The molecule has 0 aromatic heterocycles. The lowest BCUT2D eigenvalue weighted by Crippen LogP contribution is -2.29. The van der Waals surface area contributed by atoms with Crippen LogP contribution in [0.5, 0.6) is 5.75 Å². The molecule has 1 atom stereocenters. The van der Waals surface area contributed by atoms with Crippen LogP contribution in [0.1, 0.15) is 29.3 Å². The second-order valence-corrected chi connectivity index (χ2v) is 8.01. The summed E-state index contributed by atoms with van der Waals surface area (Å²) < 4.78 is 32.9. The zero-order valence-electron chi connectivity index (χ0n) is 16.1. The Morgan fingerprint density at radius 2 is 1.82 bits per heavy atom. The fraction of sp³-hybridized carbons (Fsp3) is 0.316. The number of halogens is 1. The van der Waals surface area contributed by atoms with E-state index in [9.17, 15) is 13.2 Å². The van der Waals surface area contributed by atoms with Gasteiger partial charge in [0.05, 0.1) is 12.0 Å². The van der Waals surface area contributed by atoms with Gasteiger partial charge in [-0.05, 0) is 62.2 Å². The molecule has 1 amide bonds. The molecule has 154 valence electrons. The minimum atomic E-state index is -3.83. The molecule has 4 N–H and O–H groups in total. The smallest absolute Gasteiger partial charge is 0.261 e. The van der Waals surface area contributed by atoms with Gasteiger partial charge in [-0.15, -0.1) is 12.4 Å². The van der Waals surface area contributed by atoms with Crippen LogP contribution in [-0.4, -0.2) is 34.0 Å². The number of hydrogen-bond donors (Lipinski definition) is 3. The maximum atomic E-state index is 12.7. The Balaban J connectivity index is 0.00000392. The number of nitrogens with two attached hydrogens (primary N) is 1. The van der Waals surface area contributed by atoms with Gasteiger partial charge in [0, 0.05) is 23.8 Å². The maximum Gasteiger partial charge on any atom is 0.261 e. The molecule has 0 spiro atoms. The van der Waals surface area contributed by atoms with Gasteiger partial charge >= 0.3 is 0 Å². The third-order valence-corrected chi connectivity index (χ3v) is 5.37. The predicted molar refractivity (Wildman–Crippen MR) is 113 cm³/mol. The molecule has 0 saturated carbocycles. The summed E-state index contributed by atoms with van der Waals surface area (Å²) in [6.07, 6.45) is 0.641. The number of rotatable bonds is 8. The van der Waals surface area contributed by atoms with Gasteiger partial charge in [0.1, 0.15) is 5.75 Å². The molecule has 2 rings (SSSR count). The molecule has 0 bridgehead atoms. The van der Waals surface area contributed by atoms with Crippen LogP contribution in [0, 0.1) is 6.92 Å². The lowest BCUT2D eigenvalue weighted by atomic mass is 10.1. The highest BCUT2D eigenvalue weighted by Gasteiger charge is 2.18. The number of amides is 1. The van der Waals surface area contributed by atoms with Gasteiger partial charge in [-0.2, -0.15) is 0 Å². The van der Waals surface area contributed by atoms with Gasteiger partial charge in [-0.25, -0.2) is 8.42 Å². The molecule has 2 aromatic carbocycles. The van der Waals surface area contributed by atoms with E-state index in [1.54, 1.807) is 37.3 Å². The SMILES string of the molecule is COc1ccc(NS(=O)(=O)c2ccc(C)c(C(=O)NCCC(C)N)c2)cc1.Cl. The predicted octanol–water partition coefficient (Wildman–Crippen LogP) is 2.69. The molecule has 0 radical (unpaired) electrons. The van der Waals surface area contributed by atoms with E-state index in [0.29, 0.717) is 35.5 Å². The highest BCUT2D eigenvalue weighted by atomic mass is 35.5. The van der Waals surface area contributed by atoms with E-state index in [1.165, 1.54) is 19.2 Å². The molecule has 1 unspecified atom stereocenters. The minimum absolute atomic E-state index is 0. The van der Waals surface area contributed by atoms with Crippen LogP contribution in [0.2, 0.25) is 0 Å². The van der Waals surface area contributed by atoms with Crippen LogP contribution >= 0.6 is 12.4 Å². The van der Waals surface area contributed by atoms with E-state index < -0.39 is 10.0 Å². The summed E-state index contributed by atoms with van der Waals surface area (Å²) in [6.45, 7) is 4.04. The third-order valence-electron chi connectivity index (χ3n) is 3.99. The Hall–Kier alpha value is -2.29. The standard InChI is InChI=1S/C19H25N3O4S.ClH/c1-13-4-9-17(12-18(13)19(23)21-11-10-14(2)20)27(24,25)22-15-5-7-16(26-3)8-6-15;/h4-9,12,14,22H,10-11,20H2,1-3H3,(H,21,23);1H. The van der Waals surface area contributed by atoms with Crippen LogP contribution in [0.3, 0.4) is 0 Å². The Morgan fingerprint density at radius 1 is 1.18 bits per heavy atom. The second-order valence-electron chi connectivity index (χ2n) is 6.33. The van der Waals surface area contributed by atoms with Gasteiger partial charge in [0.15, 0.2) is 0 Å². The first-order valence-corrected chi connectivity index (χ1v) is 10.0. The van der Waals surface area contributed by atoms with Crippen molar-refractivity contribution in [2.45, 2.75) is 31.2 Å². The summed E-state index contributed by atoms with van der Waals surface area (Å²) in [6, 6.07) is 11.0. The largest absolute Gasteiger partial charge is 0.497 e. The van der Waals surface area contributed by atoms with Crippen molar-refractivity contribution in [3.8, 4) is 5.75 Å². The Kier molecular flexibility index (Phi) is 8.74. The highest BCUT2D eigenvalue weighted by molar-refractivity contribution is 7.92. The summed E-state index contributed by atoms with van der Waals surface area (Å²) in [4.78, 5) is 12.4. The van der Waals surface area contributed by atoms with Crippen LogP contribution in [0.4, 0.5) is 5.69 Å². The van der Waals surface area contributed by atoms with Crippen LogP contribution < -0.4 is 20.5 Å². The van der Waals surface area contributed by atoms with Crippen molar-refractivity contribution in [3.05, 3.63) is 53.6 Å². The summed E-state index contributed by atoms with van der Waals surface area (Å²) in [5.41, 5.74) is 7.08. The monoisotopic (exact) mass is 427 g/mol. The first-order chi connectivity index (χ1) is 12.7. The number of sulfonamides is 1. The molecule has 0 saturated heterocycles. The summed E-state index contributed by atoms with van der Waals surface area (Å²) in [7, 11) is -2.30. The van der Waals surface area contributed by atoms with E-state index >= 15 is 0 Å². The molecular formula is C19H26ClN3O4S. The van der Waals surface area contributed by atoms with Crippen LogP contribution in [0.15, 0.2) is 47.4 Å². The van der Waals surface area contributed by atoms with Crippen molar-refractivity contribution < 1.29 is 17.9 Å². The normalized spacial score (nSPS) is 11.9. The molecule has 0 aliphatic rings. The van der Waals surface area contributed by atoms with Crippen molar-refractivity contribution in [3.63, 3.8) is 0 Å². The average molecular weight is 428 g/mol. The zero-order valence-corrected chi connectivity index (χ0v) is 17.7. The van der Waals surface area contributed by atoms with E-state index in [-0.39, 0.29) is 29.3 Å². The van der Waals surface area contributed by atoms with Gasteiger partial charge in [-0.1, -0.05) is 6.07 Å². The topological polar surface area (TPSA) is 111 Å². The Labute approximate surface area is 172 Å². The van der Waals surface area contributed by atoms with Crippen molar-refractivity contribution in [1.29, 1.82) is 0 Å². The molecule has 28 heavy (non-hydrogen) atoms. The number of hydrogen-bond acceptors (Lipinski definition) is 5. The Morgan fingerprint density at radius 3 is 2.39 bits per heavy atom. The van der Waals surface area contributed by atoms with Gasteiger partial charge in [-0.3, -0.25) is 9.52 Å². The van der Waals surface area contributed by atoms with E-state index in [2.05, 4.69) is 10.0 Å². The molecule has 0 heterocycles. The van der Waals surface area contributed by atoms with E-state index in [4.69, 9.17) is 10.5 Å². The van der Waals surface area contributed by atoms with Crippen molar-refractivity contribution in [1.82, 2.24) is 5.32 Å². The molecule has 9 heteroatoms. The molecule has 0 aliphatic heterocycles. The van der Waals surface area contributed by atoms with Gasteiger partial charge in [0.2, 0.25) is 0 Å². The average Bonchev–Trinajstić information content (AvgIpc) is 2.61. The van der Waals surface area contributed by atoms with E-state index in [0.717, 1.165) is 0 Å². The maximum absolute atomic E-state index is 12.7. The second kappa shape index (κ2) is 10.3. The minimum Gasteiger partial charge on any atom is -0.497 e. The van der Waals surface area contributed by atoms with Gasteiger partial charge in [0.25, 0.3) is 15.9 Å². The zero-order chi connectivity index (χ0) is 20.0. The number of nitrogens with one attached hydrogen (secondary N) is 2. The Bertz CT molecular complexity index is 900. The molecule has 7 nitrogen and oxygen atoms in total. The number of benzene rings is 2. The fourth-order valence-corrected chi connectivity index (χ4v) is 3.48. The van der Waals surface area contributed by atoms with Crippen LogP contribution in [-0.2, 0) is 10.0 Å². The first kappa shape index (κ1) is 23.7. The van der Waals surface area contributed by atoms with Crippen LogP contribution in [0.25, 0.3) is 0 Å². The lowest BCUT2D eigenvalue weighted by Gasteiger charge is -2.12. The summed E-state index contributed by atoms with van der Waals surface area (Å²) in [5, 5.41) is 2.76. The van der Waals surface area contributed by atoms with Gasteiger partial charge < -0.3 is 15.8 Å². The molecule has 0 aliphatic carbocycles. The van der Waals surface area contributed by atoms with Crippen molar-refractivity contribution in [2.75, 3.05) is 18.4 Å². The lowest BCUT2D eigenvalue weighted by molar-refractivity contribution is 0.0952. The van der Waals surface area contributed by atoms with Crippen molar-refractivity contribution in [2.24, 2.45) is 5.73 Å². The third kappa shape index (κ3) is 6.40. The number of ether oxygens (including phenoxy) is 1. The number of anilines is 1. The number of aryl methyl sites for hydroxylation is 1. The molecule has 2 aromatic rings. The fourth-order valence-electron chi connectivity index (χ4n) is 2.39. The molecular weight excluding hydrogens is 402 g/mol. The number of carbonyl (C=O) groups excluding carboxylic acids is 1. The summed E-state index contributed by atoms with van der Waals surface area (Å²) >= 11 is 0. The quantitative estimate of drug-likeness (QED) is 0.599.